The Kier molecular flexibility index (Phi) is 1.66. The van der Waals surface area contributed by atoms with Crippen molar-refractivity contribution >= 4 is 6.03 Å². The Balaban J connectivity index is 2.02. The molecule has 0 spiro atoms. The molecule has 2 N–H and O–H groups in total. The molecule has 0 aromatic rings. The van der Waals surface area contributed by atoms with Gasteiger partial charge in [0, 0.05) is 6.42 Å². The van der Waals surface area contributed by atoms with Crippen molar-refractivity contribution in [1.29, 1.82) is 0 Å². The van der Waals surface area contributed by atoms with Crippen LogP contribution in [0.3, 0.4) is 0 Å². The fourth-order valence-electron chi connectivity index (χ4n) is 1.60. The van der Waals surface area contributed by atoms with Gasteiger partial charge in [-0.1, -0.05) is 5.92 Å². The maximum absolute atomic E-state index is 10.9. The first-order valence-corrected chi connectivity index (χ1v) is 3.94. The molecule has 2 aliphatic heterocycles. The van der Waals surface area contributed by atoms with E-state index >= 15 is 0 Å². The molecule has 4 nitrogen and oxygen atoms in total. The smallest absolute Gasteiger partial charge is 0.315 e. The van der Waals surface area contributed by atoms with Crippen LogP contribution in [0.2, 0.25) is 0 Å². The van der Waals surface area contributed by atoms with Crippen LogP contribution in [-0.2, 0) is 4.74 Å². The summed E-state index contributed by atoms with van der Waals surface area (Å²) in [6.07, 6.45) is 5.77. The van der Waals surface area contributed by atoms with Gasteiger partial charge < -0.3 is 15.4 Å². The van der Waals surface area contributed by atoms with Crippen LogP contribution in [0.25, 0.3) is 0 Å². The third-order valence-corrected chi connectivity index (χ3v) is 2.25. The Morgan fingerprint density at radius 3 is 3.00 bits per heavy atom. The van der Waals surface area contributed by atoms with Crippen LogP contribution in [0, 0.1) is 12.3 Å². The number of fused-ring (bicyclic) bond motifs is 1. The zero-order valence-corrected chi connectivity index (χ0v) is 6.54. The molecular weight excluding hydrogens is 156 g/mol. The maximum Gasteiger partial charge on any atom is 0.315 e. The highest BCUT2D eigenvalue weighted by atomic mass is 16.5. The monoisotopic (exact) mass is 166 g/mol. The molecule has 0 saturated carbocycles. The van der Waals surface area contributed by atoms with Crippen molar-refractivity contribution in [2.24, 2.45) is 0 Å². The summed E-state index contributed by atoms with van der Waals surface area (Å²) in [5.41, 5.74) is 0. The van der Waals surface area contributed by atoms with Crippen LogP contribution in [0.4, 0.5) is 4.79 Å². The van der Waals surface area contributed by atoms with Gasteiger partial charge in [0.05, 0.1) is 18.7 Å². The molecule has 0 bridgehead atoms. The third kappa shape index (κ3) is 1.12. The molecule has 0 radical (unpaired) electrons. The molecule has 2 saturated heterocycles. The van der Waals surface area contributed by atoms with Crippen LogP contribution in [0.5, 0.6) is 0 Å². The number of ether oxygens (including phenoxy) is 1. The number of hydrogen-bond acceptors (Lipinski definition) is 2. The molecule has 0 aliphatic carbocycles. The van der Waals surface area contributed by atoms with Crippen LogP contribution >= 0.6 is 0 Å². The molecule has 2 amide bonds. The predicted octanol–water partition coefficient (Wildman–Crippen LogP) is -0.542. The number of hydrogen-bond donors (Lipinski definition) is 2. The second-order valence-corrected chi connectivity index (χ2v) is 3.06. The summed E-state index contributed by atoms with van der Waals surface area (Å²) in [4.78, 5) is 10.9. The molecule has 2 aliphatic rings. The summed E-state index contributed by atoms with van der Waals surface area (Å²) in [6.45, 7) is 0.512. The van der Waals surface area contributed by atoms with Gasteiger partial charge in [-0.2, -0.15) is 0 Å². The Bertz CT molecular complexity index is 246. The van der Waals surface area contributed by atoms with Crippen LogP contribution in [-0.4, -0.2) is 30.8 Å². The van der Waals surface area contributed by atoms with E-state index in [1.165, 1.54) is 0 Å². The van der Waals surface area contributed by atoms with E-state index in [9.17, 15) is 4.79 Å². The Labute approximate surface area is 70.7 Å². The van der Waals surface area contributed by atoms with Crippen molar-refractivity contribution in [3.63, 3.8) is 0 Å². The normalized spacial score (nSPS) is 39.2. The molecule has 2 fully saturated rings. The summed E-state index contributed by atoms with van der Waals surface area (Å²) in [7, 11) is 0. The van der Waals surface area contributed by atoms with E-state index in [1.807, 2.05) is 0 Å². The fourth-order valence-corrected chi connectivity index (χ4v) is 1.60. The van der Waals surface area contributed by atoms with E-state index in [2.05, 4.69) is 16.6 Å². The van der Waals surface area contributed by atoms with E-state index in [-0.39, 0.29) is 24.2 Å². The Hall–Kier alpha value is -1.21. The van der Waals surface area contributed by atoms with E-state index in [0.29, 0.717) is 13.0 Å². The minimum atomic E-state index is -0.147. The first-order valence-electron chi connectivity index (χ1n) is 3.94. The molecule has 4 heteroatoms. The van der Waals surface area contributed by atoms with Crippen molar-refractivity contribution in [2.75, 3.05) is 6.61 Å². The number of carbonyl (C=O) groups excluding carboxylic acids is 1. The van der Waals surface area contributed by atoms with Gasteiger partial charge in [0.2, 0.25) is 0 Å². The lowest BCUT2D eigenvalue weighted by Crippen LogP contribution is -2.45. The van der Waals surface area contributed by atoms with Crippen molar-refractivity contribution in [2.45, 2.75) is 24.6 Å². The number of urea groups is 1. The number of rotatable bonds is 0. The lowest BCUT2D eigenvalue weighted by Gasteiger charge is -2.27. The number of terminal acetylenes is 1. The van der Waals surface area contributed by atoms with Gasteiger partial charge in [-0.3, -0.25) is 0 Å². The van der Waals surface area contributed by atoms with Gasteiger partial charge in [-0.05, 0) is 0 Å². The lowest BCUT2D eigenvalue weighted by molar-refractivity contribution is 0.0280. The van der Waals surface area contributed by atoms with Crippen molar-refractivity contribution in [1.82, 2.24) is 10.6 Å². The molecule has 64 valence electrons. The van der Waals surface area contributed by atoms with Crippen LogP contribution in [0.15, 0.2) is 0 Å². The van der Waals surface area contributed by atoms with Gasteiger partial charge in [-0.25, -0.2) is 4.79 Å². The zero-order valence-electron chi connectivity index (χ0n) is 6.54. The summed E-state index contributed by atoms with van der Waals surface area (Å²) in [6, 6.07) is 0.126. The second kappa shape index (κ2) is 2.68. The largest absolute Gasteiger partial charge is 0.363 e. The molecule has 3 atom stereocenters. The van der Waals surface area contributed by atoms with Crippen molar-refractivity contribution < 1.29 is 9.53 Å². The average Bonchev–Trinajstić information content (AvgIpc) is 2.43. The van der Waals surface area contributed by atoms with E-state index in [0.717, 1.165) is 0 Å². The van der Waals surface area contributed by atoms with E-state index in [1.54, 1.807) is 0 Å². The SMILES string of the molecule is C#CC1CC2NC(=O)NC2CO1. The molecule has 0 aromatic heterocycles. The van der Waals surface area contributed by atoms with Gasteiger partial charge >= 0.3 is 6.03 Å². The Morgan fingerprint density at radius 2 is 2.25 bits per heavy atom. The van der Waals surface area contributed by atoms with E-state index in [4.69, 9.17) is 11.2 Å². The summed E-state index contributed by atoms with van der Waals surface area (Å²) < 4.78 is 5.30. The Morgan fingerprint density at radius 1 is 1.50 bits per heavy atom. The third-order valence-electron chi connectivity index (χ3n) is 2.25. The lowest BCUT2D eigenvalue weighted by atomic mass is 10.0. The highest BCUT2D eigenvalue weighted by Crippen LogP contribution is 2.16. The summed E-state index contributed by atoms with van der Waals surface area (Å²) >= 11 is 0. The summed E-state index contributed by atoms with van der Waals surface area (Å²) in [5.74, 6) is 2.53. The molecule has 2 heterocycles. The fraction of sp³-hybridized carbons (Fsp3) is 0.625. The van der Waals surface area contributed by atoms with Gasteiger partial charge in [0.25, 0.3) is 0 Å². The molecule has 0 aromatic carbocycles. The van der Waals surface area contributed by atoms with Gasteiger partial charge in [-0.15, -0.1) is 6.42 Å². The minimum Gasteiger partial charge on any atom is -0.363 e. The van der Waals surface area contributed by atoms with Crippen molar-refractivity contribution in [3.8, 4) is 12.3 Å². The van der Waals surface area contributed by atoms with Crippen LogP contribution in [0.1, 0.15) is 6.42 Å². The average molecular weight is 166 g/mol. The minimum absolute atomic E-state index is 0.0992. The number of carbonyl (C=O) groups is 1. The summed E-state index contributed by atoms with van der Waals surface area (Å²) in [5, 5.41) is 5.55. The van der Waals surface area contributed by atoms with Gasteiger partial charge in [0.1, 0.15) is 6.10 Å². The predicted molar refractivity (Wildman–Crippen MR) is 42.4 cm³/mol. The van der Waals surface area contributed by atoms with E-state index < -0.39 is 0 Å². The zero-order chi connectivity index (χ0) is 8.55. The second-order valence-electron chi connectivity index (χ2n) is 3.06. The standard InChI is InChI=1S/C8H10N2O2/c1-2-5-3-6-7(4-12-5)10-8(11)9-6/h1,5-7H,3-4H2,(H2,9,10,11). The molecule has 2 rings (SSSR count). The molecule has 12 heavy (non-hydrogen) atoms. The van der Waals surface area contributed by atoms with Crippen LogP contribution < -0.4 is 10.6 Å². The first kappa shape index (κ1) is 7.44. The first-order chi connectivity index (χ1) is 5.79. The van der Waals surface area contributed by atoms with Crippen molar-refractivity contribution in [3.05, 3.63) is 0 Å². The highest BCUT2D eigenvalue weighted by Gasteiger charge is 2.37. The topological polar surface area (TPSA) is 50.4 Å². The number of nitrogens with one attached hydrogen (secondary N) is 2. The molecular formula is C8H10N2O2. The quantitative estimate of drug-likeness (QED) is 0.475. The number of amides is 2. The molecule has 3 unspecified atom stereocenters. The van der Waals surface area contributed by atoms with Gasteiger partial charge in [0.15, 0.2) is 0 Å². The highest BCUT2D eigenvalue weighted by molar-refractivity contribution is 5.77. The maximum atomic E-state index is 10.9.